The molecular formula is C7H5Cl2N3O2. The van der Waals surface area contributed by atoms with Gasteiger partial charge in [-0.25, -0.2) is 14.8 Å². The third kappa shape index (κ3) is 1.60. The van der Waals surface area contributed by atoms with E-state index in [0.29, 0.717) is 12.1 Å². The van der Waals surface area contributed by atoms with Crippen LogP contribution >= 0.6 is 23.2 Å². The van der Waals surface area contributed by atoms with Crippen LogP contribution in [0.3, 0.4) is 0 Å². The van der Waals surface area contributed by atoms with E-state index in [2.05, 4.69) is 15.3 Å². The van der Waals surface area contributed by atoms with Gasteiger partial charge in [-0.05, 0) is 0 Å². The number of hydrogen-bond acceptors (Lipinski definition) is 4. The topological polar surface area (TPSA) is 64.1 Å². The van der Waals surface area contributed by atoms with Crippen molar-refractivity contribution in [2.75, 3.05) is 6.54 Å². The lowest BCUT2D eigenvalue weighted by Crippen LogP contribution is -2.12. The first-order valence-electron chi connectivity index (χ1n) is 3.79. The van der Waals surface area contributed by atoms with Crippen molar-refractivity contribution in [2.45, 2.75) is 6.10 Å². The highest BCUT2D eigenvalue weighted by Gasteiger charge is 2.29. The van der Waals surface area contributed by atoms with E-state index in [9.17, 15) is 4.79 Å². The number of alkyl carbamates (subject to hydrolysis) is 1. The van der Waals surface area contributed by atoms with Gasteiger partial charge in [0.2, 0.25) is 0 Å². The van der Waals surface area contributed by atoms with E-state index >= 15 is 0 Å². The predicted octanol–water partition coefficient (Wildman–Crippen LogP) is 1.56. The predicted molar refractivity (Wildman–Crippen MR) is 49.3 cm³/mol. The lowest BCUT2D eigenvalue weighted by molar-refractivity contribution is 0.141. The zero-order valence-corrected chi connectivity index (χ0v) is 8.34. The highest BCUT2D eigenvalue weighted by Crippen LogP contribution is 2.30. The fourth-order valence-electron chi connectivity index (χ4n) is 1.17. The number of halogens is 2. The summed E-state index contributed by atoms with van der Waals surface area (Å²) in [5, 5.41) is 2.89. The molecule has 1 amide bonds. The minimum atomic E-state index is -0.510. The van der Waals surface area contributed by atoms with Crippen LogP contribution in [-0.4, -0.2) is 22.6 Å². The molecule has 74 valence electrons. The molecule has 1 aromatic rings. The van der Waals surface area contributed by atoms with Crippen LogP contribution in [0, 0.1) is 0 Å². The second kappa shape index (κ2) is 3.59. The Bertz CT molecular complexity index is 365. The molecule has 1 fully saturated rings. The SMILES string of the molecule is O=C1NCC(c2c(Cl)ncnc2Cl)O1. The summed E-state index contributed by atoms with van der Waals surface area (Å²) in [4.78, 5) is 18.3. The van der Waals surface area contributed by atoms with Crippen LogP contribution in [0.2, 0.25) is 10.3 Å². The molecule has 5 nitrogen and oxygen atoms in total. The van der Waals surface area contributed by atoms with Crippen LogP contribution in [0.4, 0.5) is 4.79 Å². The van der Waals surface area contributed by atoms with E-state index in [1.807, 2.05) is 0 Å². The second-order valence-corrected chi connectivity index (χ2v) is 3.36. The van der Waals surface area contributed by atoms with Crippen molar-refractivity contribution in [3.05, 3.63) is 22.2 Å². The average Bonchev–Trinajstić information content (AvgIpc) is 2.51. The van der Waals surface area contributed by atoms with Gasteiger partial charge >= 0.3 is 6.09 Å². The fraction of sp³-hybridized carbons (Fsp3) is 0.286. The van der Waals surface area contributed by atoms with Crippen LogP contribution in [0.1, 0.15) is 11.7 Å². The number of nitrogens with one attached hydrogen (secondary N) is 1. The zero-order chi connectivity index (χ0) is 10.1. The number of rotatable bonds is 1. The molecule has 7 heteroatoms. The molecular weight excluding hydrogens is 229 g/mol. The molecule has 1 N–H and O–H groups in total. The van der Waals surface area contributed by atoms with E-state index < -0.39 is 12.2 Å². The van der Waals surface area contributed by atoms with Gasteiger partial charge in [0.25, 0.3) is 0 Å². The average molecular weight is 234 g/mol. The number of ether oxygens (including phenoxy) is 1. The number of nitrogens with zero attached hydrogens (tertiary/aromatic N) is 2. The van der Waals surface area contributed by atoms with Gasteiger partial charge in [0, 0.05) is 0 Å². The first-order chi connectivity index (χ1) is 6.68. The van der Waals surface area contributed by atoms with E-state index in [1.165, 1.54) is 6.33 Å². The molecule has 14 heavy (non-hydrogen) atoms. The van der Waals surface area contributed by atoms with Gasteiger partial charge in [-0.3, -0.25) is 0 Å². The Labute approximate surface area is 89.4 Å². The van der Waals surface area contributed by atoms with Gasteiger partial charge < -0.3 is 10.1 Å². The largest absolute Gasteiger partial charge is 0.439 e. The molecule has 0 saturated carbocycles. The summed E-state index contributed by atoms with van der Waals surface area (Å²) in [5.41, 5.74) is 0.439. The number of aromatic nitrogens is 2. The highest BCUT2D eigenvalue weighted by atomic mass is 35.5. The quantitative estimate of drug-likeness (QED) is 0.749. The second-order valence-electron chi connectivity index (χ2n) is 2.64. The molecule has 0 aromatic carbocycles. The molecule has 0 aliphatic carbocycles. The summed E-state index contributed by atoms with van der Waals surface area (Å²) in [6.45, 7) is 0.325. The zero-order valence-electron chi connectivity index (χ0n) is 6.83. The molecule has 1 saturated heterocycles. The van der Waals surface area contributed by atoms with Crippen LogP contribution < -0.4 is 5.32 Å². The van der Waals surface area contributed by atoms with Gasteiger partial charge in [-0.2, -0.15) is 0 Å². The van der Waals surface area contributed by atoms with E-state index in [-0.39, 0.29) is 10.3 Å². The van der Waals surface area contributed by atoms with Gasteiger partial charge in [0.05, 0.1) is 12.1 Å². The Morgan fingerprint density at radius 2 is 2.07 bits per heavy atom. The maximum Gasteiger partial charge on any atom is 0.407 e. The molecule has 0 bridgehead atoms. The number of carbonyl (C=O) groups is 1. The van der Waals surface area contributed by atoms with Gasteiger partial charge in [-0.15, -0.1) is 0 Å². The third-order valence-electron chi connectivity index (χ3n) is 1.79. The molecule has 2 heterocycles. The Balaban J connectivity index is 2.36. The van der Waals surface area contributed by atoms with E-state index in [0.717, 1.165) is 0 Å². The van der Waals surface area contributed by atoms with Crippen LogP contribution in [0.5, 0.6) is 0 Å². The smallest absolute Gasteiger partial charge is 0.407 e. The van der Waals surface area contributed by atoms with Crippen molar-refractivity contribution in [2.24, 2.45) is 0 Å². The maximum atomic E-state index is 10.8. The maximum absolute atomic E-state index is 10.8. The molecule has 0 radical (unpaired) electrons. The molecule has 1 aliphatic heterocycles. The molecule has 2 rings (SSSR count). The third-order valence-corrected chi connectivity index (χ3v) is 2.39. The first-order valence-corrected chi connectivity index (χ1v) is 4.54. The van der Waals surface area contributed by atoms with E-state index in [4.69, 9.17) is 27.9 Å². The van der Waals surface area contributed by atoms with Crippen molar-refractivity contribution in [3.63, 3.8) is 0 Å². The summed E-state index contributed by atoms with van der Waals surface area (Å²) >= 11 is 11.6. The Hall–Kier alpha value is -1.07. The standard InChI is InChI=1S/C7H5Cl2N3O2/c8-5-4(6(9)12-2-11-5)3-1-10-7(13)14-3/h2-3H,1H2,(H,10,13). The van der Waals surface area contributed by atoms with Gasteiger partial charge in [0.15, 0.2) is 6.10 Å². The van der Waals surface area contributed by atoms with Crippen LogP contribution in [-0.2, 0) is 4.74 Å². The number of amides is 1. The van der Waals surface area contributed by atoms with Crippen molar-refractivity contribution in [1.82, 2.24) is 15.3 Å². The fourth-order valence-corrected chi connectivity index (χ4v) is 1.73. The Morgan fingerprint density at radius 1 is 1.43 bits per heavy atom. The first kappa shape index (κ1) is 9.48. The van der Waals surface area contributed by atoms with Crippen molar-refractivity contribution >= 4 is 29.3 Å². The highest BCUT2D eigenvalue weighted by molar-refractivity contribution is 6.34. The lowest BCUT2D eigenvalue weighted by atomic mass is 10.2. The van der Waals surface area contributed by atoms with Crippen LogP contribution in [0.15, 0.2) is 6.33 Å². The van der Waals surface area contributed by atoms with E-state index in [1.54, 1.807) is 0 Å². The minimum absolute atomic E-state index is 0.200. The van der Waals surface area contributed by atoms with Crippen molar-refractivity contribution in [1.29, 1.82) is 0 Å². The Morgan fingerprint density at radius 3 is 2.57 bits per heavy atom. The monoisotopic (exact) mass is 233 g/mol. The molecule has 1 aromatic heterocycles. The normalized spacial score (nSPS) is 20.4. The summed E-state index contributed by atoms with van der Waals surface area (Å²) in [7, 11) is 0. The molecule has 1 unspecified atom stereocenters. The summed E-state index contributed by atoms with van der Waals surface area (Å²) in [5.74, 6) is 0. The number of cyclic esters (lactones) is 1. The van der Waals surface area contributed by atoms with Gasteiger partial charge in [0.1, 0.15) is 16.6 Å². The van der Waals surface area contributed by atoms with Crippen LogP contribution in [0.25, 0.3) is 0 Å². The summed E-state index contributed by atoms with van der Waals surface area (Å²) < 4.78 is 4.91. The van der Waals surface area contributed by atoms with Crippen molar-refractivity contribution in [3.8, 4) is 0 Å². The van der Waals surface area contributed by atoms with Crippen molar-refractivity contribution < 1.29 is 9.53 Å². The summed E-state index contributed by atoms with van der Waals surface area (Å²) in [6, 6.07) is 0. The molecule has 1 atom stereocenters. The lowest BCUT2D eigenvalue weighted by Gasteiger charge is -2.09. The molecule has 1 aliphatic rings. The number of carbonyl (C=O) groups excluding carboxylic acids is 1. The molecule has 0 spiro atoms. The Kier molecular flexibility index (Phi) is 2.43. The van der Waals surface area contributed by atoms with Gasteiger partial charge in [-0.1, -0.05) is 23.2 Å². The number of hydrogen-bond donors (Lipinski definition) is 1. The summed E-state index contributed by atoms with van der Waals surface area (Å²) in [6.07, 6.45) is 0.243. The minimum Gasteiger partial charge on any atom is -0.439 e.